The van der Waals surface area contributed by atoms with Crippen LogP contribution in [0.4, 0.5) is 0 Å². The number of phenols is 1. The van der Waals surface area contributed by atoms with Crippen LogP contribution in [0.2, 0.25) is 0 Å². The molecule has 2 rings (SSSR count). The number of para-hydroxylation sites is 1. The Balaban J connectivity index is 2.01. The summed E-state index contributed by atoms with van der Waals surface area (Å²) in [5.74, 6) is 0.800. The molecular formula is C16H20N2O. The van der Waals surface area contributed by atoms with Crippen LogP contribution in [0, 0.1) is 0 Å². The average Bonchev–Trinajstić information content (AvgIpc) is 2.45. The molecule has 0 saturated heterocycles. The summed E-state index contributed by atoms with van der Waals surface area (Å²) < 4.78 is 0. The van der Waals surface area contributed by atoms with Crippen LogP contribution in [-0.2, 0) is 6.42 Å². The van der Waals surface area contributed by atoms with Gasteiger partial charge in [0.1, 0.15) is 5.75 Å². The van der Waals surface area contributed by atoms with Crippen molar-refractivity contribution < 1.29 is 5.11 Å². The number of aromatic nitrogens is 2. The lowest BCUT2D eigenvalue weighted by molar-refractivity contribution is 0.477. The molecule has 1 aromatic carbocycles. The zero-order chi connectivity index (χ0) is 13.5. The van der Waals surface area contributed by atoms with E-state index >= 15 is 0 Å². The molecule has 1 N–H and O–H groups in total. The minimum absolute atomic E-state index is 0.221. The largest absolute Gasteiger partial charge is 0.507 e. The first-order chi connectivity index (χ1) is 9.31. The molecule has 0 aliphatic heterocycles. The second-order valence-electron chi connectivity index (χ2n) is 4.74. The summed E-state index contributed by atoms with van der Waals surface area (Å²) in [4.78, 5) is 8.68. The third kappa shape index (κ3) is 3.78. The maximum Gasteiger partial charge on any atom is 0.162 e. The Hall–Kier alpha value is -1.90. The molecule has 19 heavy (non-hydrogen) atoms. The lowest BCUT2D eigenvalue weighted by Crippen LogP contribution is -1.93. The summed E-state index contributed by atoms with van der Waals surface area (Å²) in [6.45, 7) is 2.21. The van der Waals surface area contributed by atoms with Gasteiger partial charge in [-0.3, -0.25) is 0 Å². The van der Waals surface area contributed by atoms with Gasteiger partial charge in [0.05, 0.1) is 5.56 Å². The fourth-order valence-electron chi connectivity index (χ4n) is 2.04. The van der Waals surface area contributed by atoms with Crippen molar-refractivity contribution in [2.75, 3.05) is 0 Å². The van der Waals surface area contributed by atoms with E-state index in [9.17, 15) is 5.11 Å². The Bertz CT molecular complexity index is 508. The van der Waals surface area contributed by atoms with Crippen molar-refractivity contribution in [2.45, 2.75) is 39.0 Å². The van der Waals surface area contributed by atoms with E-state index in [0.717, 1.165) is 12.0 Å². The average molecular weight is 256 g/mol. The molecule has 0 spiro atoms. The Morgan fingerprint density at radius 2 is 1.74 bits per heavy atom. The minimum atomic E-state index is 0.221. The zero-order valence-electron chi connectivity index (χ0n) is 11.3. The Morgan fingerprint density at radius 1 is 1.00 bits per heavy atom. The van der Waals surface area contributed by atoms with Gasteiger partial charge in [-0.05, 0) is 30.5 Å². The zero-order valence-corrected chi connectivity index (χ0v) is 11.3. The number of hydrogen-bond acceptors (Lipinski definition) is 3. The number of nitrogens with zero attached hydrogens (tertiary/aromatic N) is 2. The summed E-state index contributed by atoms with van der Waals surface area (Å²) in [6, 6.07) is 7.14. The Kier molecular flexibility index (Phi) is 4.90. The molecule has 0 aliphatic rings. The standard InChI is InChI=1S/C16H20N2O/c1-2-3-4-5-8-13-11-17-16(18-12-13)14-9-6-7-10-15(14)19/h6-7,9-12,19H,2-5,8H2,1H3. The highest BCUT2D eigenvalue weighted by Gasteiger charge is 2.05. The molecular weight excluding hydrogens is 236 g/mol. The van der Waals surface area contributed by atoms with Crippen molar-refractivity contribution in [1.82, 2.24) is 9.97 Å². The van der Waals surface area contributed by atoms with Crippen LogP contribution in [0.3, 0.4) is 0 Å². The van der Waals surface area contributed by atoms with Crippen molar-refractivity contribution >= 4 is 0 Å². The number of aryl methyl sites for hydroxylation is 1. The molecule has 0 fully saturated rings. The minimum Gasteiger partial charge on any atom is -0.507 e. The SMILES string of the molecule is CCCCCCc1cnc(-c2ccccc2O)nc1. The molecule has 0 saturated carbocycles. The van der Waals surface area contributed by atoms with E-state index in [2.05, 4.69) is 16.9 Å². The first kappa shape index (κ1) is 13.5. The summed E-state index contributed by atoms with van der Waals surface area (Å²) in [5.41, 5.74) is 1.84. The lowest BCUT2D eigenvalue weighted by atomic mass is 10.1. The van der Waals surface area contributed by atoms with Gasteiger partial charge < -0.3 is 5.11 Å². The number of unbranched alkanes of at least 4 members (excludes halogenated alkanes) is 3. The topological polar surface area (TPSA) is 46.0 Å². The molecule has 3 nitrogen and oxygen atoms in total. The van der Waals surface area contributed by atoms with Gasteiger partial charge in [-0.15, -0.1) is 0 Å². The van der Waals surface area contributed by atoms with Crippen molar-refractivity contribution in [2.24, 2.45) is 0 Å². The highest BCUT2D eigenvalue weighted by molar-refractivity contribution is 5.62. The van der Waals surface area contributed by atoms with Crippen LogP contribution in [0.25, 0.3) is 11.4 Å². The first-order valence-corrected chi connectivity index (χ1v) is 6.90. The van der Waals surface area contributed by atoms with Crippen LogP contribution < -0.4 is 0 Å². The lowest BCUT2D eigenvalue weighted by Gasteiger charge is -2.04. The predicted octanol–water partition coefficient (Wildman–Crippen LogP) is 3.97. The van der Waals surface area contributed by atoms with E-state index < -0.39 is 0 Å². The summed E-state index contributed by atoms with van der Waals surface area (Å²) in [7, 11) is 0. The van der Waals surface area contributed by atoms with E-state index in [4.69, 9.17) is 0 Å². The second-order valence-corrected chi connectivity index (χ2v) is 4.74. The Labute approximate surface area is 114 Å². The van der Waals surface area contributed by atoms with Gasteiger partial charge in [-0.2, -0.15) is 0 Å². The van der Waals surface area contributed by atoms with Crippen LogP contribution in [0.1, 0.15) is 38.2 Å². The van der Waals surface area contributed by atoms with Gasteiger partial charge in [0.25, 0.3) is 0 Å². The van der Waals surface area contributed by atoms with E-state index in [1.165, 1.54) is 25.7 Å². The van der Waals surface area contributed by atoms with Crippen LogP contribution in [0.5, 0.6) is 5.75 Å². The monoisotopic (exact) mass is 256 g/mol. The predicted molar refractivity (Wildman–Crippen MR) is 77.0 cm³/mol. The third-order valence-corrected chi connectivity index (χ3v) is 3.17. The molecule has 1 aromatic heterocycles. The quantitative estimate of drug-likeness (QED) is 0.795. The molecule has 0 unspecified atom stereocenters. The number of benzene rings is 1. The van der Waals surface area contributed by atoms with Gasteiger partial charge in [-0.25, -0.2) is 9.97 Å². The number of rotatable bonds is 6. The Morgan fingerprint density at radius 3 is 2.42 bits per heavy atom. The van der Waals surface area contributed by atoms with E-state index in [1.54, 1.807) is 12.1 Å². The van der Waals surface area contributed by atoms with Crippen molar-refractivity contribution in [3.63, 3.8) is 0 Å². The summed E-state index contributed by atoms with van der Waals surface area (Å²) in [6.07, 6.45) is 9.74. The van der Waals surface area contributed by atoms with E-state index in [-0.39, 0.29) is 5.75 Å². The van der Waals surface area contributed by atoms with Crippen LogP contribution in [0.15, 0.2) is 36.7 Å². The molecule has 100 valence electrons. The normalized spacial score (nSPS) is 10.6. The molecule has 0 amide bonds. The van der Waals surface area contributed by atoms with Crippen molar-refractivity contribution in [3.8, 4) is 17.1 Å². The van der Waals surface area contributed by atoms with Crippen molar-refractivity contribution in [3.05, 3.63) is 42.2 Å². The number of hydrogen-bond donors (Lipinski definition) is 1. The van der Waals surface area contributed by atoms with Crippen LogP contribution >= 0.6 is 0 Å². The van der Waals surface area contributed by atoms with Crippen LogP contribution in [-0.4, -0.2) is 15.1 Å². The van der Waals surface area contributed by atoms with E-state index in [0.29, 0.717) is 11.4 Å². The van der Waals surface area contributed by atoms with Gasteiger partial charge in [0.2, 0.25) is 0 Å². The molecule has 0 atom stereocenters. The fourth-order valence-corrected chi connectivity index (χ4v) is 2.04. The number of aromatic hydroxyl groups is 1. The maximum atomic E-state index is 9.75. The van der Waals surface area contributed by atoms with E-state index in [1.807, 2.05) is 24.5 Å². The highest BCUT2D eigenvalue weighted by atomic mass is 16.3. The maximum absolute atomic E-state index is 9.75. The molecule has 3 heteroatoms. The van der Waals surface area contributed by atoms with Gasteiger partial charge in [0.15, 0.2) is 5.82 Å². The summed E-state index contributed by atoms with van der Waals surface area (Å²) >= 11 is 0. The van der Waals surface area contributed by atoms with Gasteiger partial charge in [0, 0.05) is 12.4 Å². The second kappa shape index (κ2) is 6.88. The molecule has 2 aromatic rings. The van der Waals surface area contributed by atoms with Crippen molar-refractivity contribution in [1.29, 1.82) is 0 Å². The molecule has 1 heterocycles. The first-order valence-electron chi connectivity index (χ1n) is 6.90. The van der Waals surface area contributed by atoms with Gasteiger partial charge >= 0.3 is 0 Å². The summed E-state index contributed by atoms with van der Waals surface area (Å²) in [5, 5.41) is 9.75. The fraction of sp³-hybridized carbons (Fsp3) is 0.375. The third-order valence-electron chi connectivity index (χ3n) is 3.17. The smallest absolute Gasteiger partial charge is 0.162 e. The molecule has 0 radical (unpaired) electrons. The highest BCUT2D eigenvalue weighted by Crippen LogP contribution is 2.25. The molecule has 0 aliphatic carbocycles. The van der Waals surface area contributed by atoms with Gasteiger partial charge in [-0.1, -0.05) is 38.3 Å². The number of phenolic OH excluding ortho intramolecular Hbond substituents is 1. The molecule has 0 bridgehead atoms.